The smallest absolute Gasteiger partial charge is 0.343 e. The highest BCUT2D eigenvalue weighted by molar-refractivity contribution is 7.88. The monoisotopic (exact) mass is 1950 g/mol. The van der Waals surface area contributed by atoms with E-state index in [1.54, 1.807) is 48.9 Å². The van der Waals surface area contributed by atoms with Gasteiger partial charge in [-0.15, -0.1) is 90.7 Å². The molecule has 16 rings (SSSR count). The molecule has 0 saturated carbocycles. The van der Waals surface area contributed by atoms with Gasteiger partial charge < -0.3 is 56.3 Å². The van der Waals surface area contributed by atoms with Crippen molar-refractivity contribution in [1.29, 1.82) is 0 Å². The molecule has 13 aromatic heterocycles. The van der Waals surface area contributed by atoms with Crippen LogP contribution in [-0.4, -0.2) is 173 Å². The molecule has 39 heteroatoms. The van der Waals surface area contributed by atoms with Crippen LogP contribution in [0.1, 0.15) is 77.1 Å². The summed E-state index contributed by atoms with van der Waals surface area (Å²) in [4.78, 5) is 69.3. The van der Waals surface area contributed by atoms with Crippen molar-refractivity contribution >= 4 is 209 Å². The van der Waals surface area contributed by atoms with Crippen LogP contribution in [0.3, 0.4) is 0 Å². The van der Waals surface area contributed by atoms with Crippen molar-refractivity contribution in [1.82, 2.24) is 54.3 Å². The SMILES string of the molecule is CCCCS(=O)c1sc2nc(-c3nccs3)cc(-c3ccc(COC(=O)CN(C)C)cc3)c2c1N.CCCCS(=O)c1sc2nc(-c3nccs3)cc(-c3ccc(OCC(=O)OC)cc3)c2c1N.CCCCS(=O)c1sc2nc(-c3nccs3)cc(-c3ccc(OCCO)cc3)c2c1N.COCCCS(=O)c1sc2nc(-c3nccs3)cc(-c3cnc(C)n3C)c2c1N. The van der Waals surface area contributed by atoms with Crippen LogP contribution < -0.4 is 32.4 Å². The van der Waals surface area contributed by atoms with E-state index in [-0.39, 0.29) is 38.9 Å². The Bertz CT molecular complexity index is 6560. The summed E-state index contributed by atoms with van der Waals surface area (Å²) in [5, 5.41) is 23.2. The zero-order chi connectivity index (χ0) is 90.7. The quantitative estimate of drug-likeness (QED) is 0.0182. The Labute approximate surface area is 782 Å². The third-order valence-corrected chi connectivity index (χ3v) is 34.9. The zero-order valence-electron chi connectivity index (χ0n) is 71.5. The highest BCUT2D eigenvalue weighted by atomic mass is 32.2. The van der Waals surface area contributed by atoms with Gasteiger partial charge in [0.05, 0.1) is 98.1 Å². The lowest BCUT2D eigenvalue weighted by Gasteiger charge is -2.11. The minimum Gasteiger partial charge on any atom is -0.491 e. The number of fused-ring (bicyclic) bond motifs is 4. The topological polar surface area (TPSA) is 397 Å². The Hall–Kier alpha value is -9.95. The molecule has 0 amide bonds. The Morgan fingerprint density at radius 2 is 0.820 bits per heavy atom. The number of imidazole rings is 1. The number of esters is 2. The lowest BCUT2D eigenvalue weighted by Crippen LogP contribution is -2.23. The van der Waals surface area contributed by atoms with E-state index < -0.39 is 49.2 Å². The van der Waals surface area contributed by atoms with E-state index in [4.69, 9.17) is 66.9 Å². The molecule has 0 aliphatic carbocycles. The van der Waals surface area contributed by atoms with Crippen LogP contribution in [0, 0.1) is 6.92 Å². The lowest BCUT2D eigenvalue weighted by atomic mass is 10.0. The summed E-state index contributed by atoms with van der Waals surface area (Å²) in [5.41, 5.74) is 39.6. The number of nitrogens with zero attached hydrogens (tertiary/aromatic N) is 11. The second-order valence-electron chi connectivity index (χ2n) is 28.9. The molecule has 0 saturated heterocycles. The highest BCUT2D eigenvalue weighted by Crippen LogP contribution is 2.49. The van der Waals surface area contributed by atoms with Crippen LogP contribution in [0.5, 0.6) is 11.5 Å². The van der Waals surface area contributed by atoms with Crippen LogP contribution in [-0.2, 0) is 80.7 Å². The number of hydrogen-bond donors (Lipinski definition) is 5. The Balaban J connectivity index is 0.000000146. The van der Waals surface area contributed by atoms with Crippen LogP contribution >= 0.6 is 90.7 Å². The maximum atomic E-state index is 13.0. The fourth-order valence-electron chi connectivity index (χ4n) is 13.2. The van der Waals surface area contributed by atoms with E-state index in [2.05, 4.69) is 50.4 Å². The van der Waals surface area contributed by atoms with Crippen LogP contribution in [0.4, 0.5) is 22.7 Å². The van der Waals surface area contributed by atoms with Gasteiger partial charge in [-0.2, -0.15) is 0 Å². The van der Waals surface area contributed by atoms with E-state index in [1.807, 2.05) is 145 Å². The number of methoxy groups -OCH3 is 2. The maximum absolute atomic E-state index is 13.0. The summed E-state index contributed by atoms with van der Waals surface area (Å²) >= 11 is 11.7. The highest BCUT2D eigenvalue weighted by Gasteiger charge is 2.28. The Morgan fingerprint density at radius 1 is 0.469 bits per heavy atom. The van der Waals surface area contributed by atoms with E-state index in [0.29, 0.717) is 87.1 Å². The van der Waals surface area contributed by atoms with E-state index >= 15 is 0 Å². The van der Waals surface area contributed by atoms with Crippen molar-refractivity contribution in [2.45, 2.75) is 96.1 Å². The first kappa shape index (κ1) is 95.6. The van der Waals surface area contributed by atoms with Gasteiger partial charge in [0.15, 0.2) is 6.61 Å². The number of ether oxygens (including phenoxy) is 5. The molecule has 0 aliphatic rings. The van der Waals surface area contributed by atoms with Crippen LogP contribution in [0.25, 0.3) is 128 Å². The molecule has 0 bridgehead atoms. The first-order chi connectivity index (χ1) is 62.0. The second-order valence-corrected chi connectivity index (χ2v) is 43.6. The van der Waals surface area contributed by atoms with Crippen molar-refractivity contribution in [2.75, 3.05) is 107 Å². The molecule has 0 spiro atoms. The third-order valence-electron chi connectivity index (χ3n) is 19.7. The lowest BCUT2D eigenvalue weighted by molar-refractivity contribution is -0.145. The van der Waals surface area contributed by atoms with Gasteiger partial charge in [-0.25, -0.2) is 49.7 Å². The molecule has 128 heavy (non-hydrogen) atoms. The predicted molar refractivity (Wildman–Crippen MR) is 529 cm³/mol. The molecule has 13 heterocycles. The third kappa shape index (κ3) is 23.1. The number of likely N-dealkylation sites (N-methyl/N-ethyl adjacent to an activating group) is 1. The number of nitrogen functional groups attached to an aromatic ring is 4. The first-order valence-electron chi connectivity index (χ1n) is 40.6. The molecule has 4 unspecified atom stereocenters. The number of pyridine rings is 4. The summed E-state index contributed by atoms with van der Waals surface area (Å²) < 4.78 is 82.3. The number of carbonyl (C=O) groups excluding carboxylic acids is 2. The van der Waals surface area contributed by atoms with Crippen molar-refractivity contribution in [3.8, 4) is 98.9 Å². The Kier molecular flexibility index (Phi) is 34.0. The van der Waals surface area contributed by atoms with Gasteiger partial charge in [0.2, 0.25) is 0 Å². The zero-order valence-corrected chi connectivity index (χ0v) is 81.3. The number of hydrogen-bond acceptors (Lipinski definition) is 34. The van der Waals surface area contributed by atoms with Gasteiger partial charge >= 0.3 is 11.9 Å². The number of aromatic nitrogens is 10. The number of benzene rings is 3. The summed E-state index contributed by atoms with van der Waals surface area (Å²) in [6.07, 6.45) is 15.1. The van der Waals surface area contributed by atoms with Crippen molar-refractivity contribution in [3.63, 3.8) is 0 Å². The molecular formula is C89H95N15O12S12. The molecule has 670 valence electrons. The number of aryl methyl sites for hydroxylation is 1. The molecule has 16 aromatic rings. The number of aliphatic hydroxyl groups excluding tert-OH is 1. The second kappa shape index (κ2) is 45.5. The number of thiophene rings is 4. The molecule has 9 N–H and O–H groups in total. The average molecular weight is 1950 g/mol. The van der Waals surface area contributed by atoms with Gasteiger partial charge in [0.25, 0.3) is 0 Å². The van der Waals surface area contributed by atoms with Gasteiger partial charge in [-0.05, 0) is 134 Å². The number of carbonyl (C=O) groups is 2. The Morgan fingerprint density at radius 3 is 1.14 bits per heavy atom. The number of nitrogens with two attached hydrogens (primary N) is 4. The fraction of sp³-hybridized carbons (Fsp3) is 0.292. The largest absolute Gasteiger partial charge is 0.491 e. The molecule has 0 aliphatic heterocycles. The predicted octanol–water partition coefficient (Wildman–Crippen LogP) is 19.1. The molecule has 3 aromatic carbocycles. The first-order valence-corrected chi connectivity index (χ1v) is 52.6. The standard InChI is InChI=1S/C25H28N4O3S3.C23H23N3O4S3.C22H23N3O3S3.C19H21N5O2S3/c1-4-5-12-35(31)25-22(26)21-18(13-19(28-24(21)34-25)23-27-10-11-33-23)17-8-6-16(7-9-17)15-32-20(30)14-29(2)3;1-3-4-11-33(28)23-20(24)19-16(12-17(26-22(19)32-23)21-25-9-10-31-21)14-5-7-15(8-6-14)30-13-18(27)29-2;1-2-3-12-31(27)22-19(23)18-16(14-4-6-15(7-5-14)28-10-9-26)13-17(25-21(18)30-22)20-24-8-11-29-20;1-11-22-10-14(24(11)2)12-9-13(17-21-5-7-27-17)23-18-15(12)16(20)19(28-18)29(25)8-4-6-26-3/h6-11,13H,4-5,12,14-15,26H2,1-3H3;5-10,12H,3-4,11,13,24H2,1-2H3;4-8,11,13,26H,2-3,9-10,12,23H2,1H3;5,7,9-10H,4,6,8,20H2,1-3H3. The fourth-order valence-corrected chi connectivity index (χ4v) is 26.6. The summed E-state index contributed by atoms with van der Waals surface area (Å²) in [7, 11) is 3.90. The minimum absolute atomic E-state index is 0.0344. The van der Waals surface area contributed by atoms with Crippen LogP contribution in [0.2, 0.25) is 0 Å². The number of thiazole rings is 4. The molecule has 0 radical (unpaired) electrons. The number of unbranched alkanes of at least 4 members (excludes halogenated alkanes) is 3. The average Bonchev–Trinajstić information content (AvgIpc) is 1.61. The number of anilines is 4. The van der Waals surface area contributed by atoms with Gasteiger partial charge in [0.1, 0.15) is 110 Å². The summed E-state index contributed by atoms with van der Waals surface area (Å²) in [6.45, 7) is 9.27. The van der Waals surface area contributed by atoms with E-state index in [9.17, 15) is 26.4 Å². The summed E-state index contributed by atoms with van der Waals surface area (Å²) in [5.74, 6) is 3.69. The van der Waals surface area contributed by atoms with Crippen molar-refractivity contribution < 1.29 is 55.2 Å². The van der Waals surface area contributed by atoms with Crippen molar-refractivity contribution in [2.24, 2.45) is 7.05 Å². The van der Waals surface area contributed by atoms with Gasteiger partial charge in [-0.1, -0.05) is 88.6 Å². The van der Waals surface area contributed by atoms with Gasteiger partial charge in [0, 0.05) is 117 Å². The van der Waals surface area contributed by atoms with E-state index in [0.717, 1.165) is 178 Å². The van der Waals surface area contributed by atoms with Crippen LogP contribution in [0.15, 0.2) is 166 Å². The molecule has 4 atom stereocenters. The maximum Gasteiger partial charge on any atom is 0.343 e. The van der Waals surface area contributed by atoms with Gasteiger partial charge in [-0.3, -0.25) is 26.5 Å². The van der Waals surface area contributed by atoms with E-state index in [1.165, 1.54) is 97.8 Å². The molecule has 27 nitrogen and oxygen atoms in total. The number of aliphatic hydroxyl groups is 1. The normalized spacial score (nSPS) is 12.3. The minimum atomic E-state index is -1.20. The molecule has 0 fully saturated rings. The summed E-state index contributed by atoms with van der Waals surface area (Å²) in [6, 6.07) is 30.8. The van der Waals surface area contributed by atoms with Crippen molar-refractivity contribution in [3.05, 3.63) is 161 Å². The number of rotatable bonds is 35. The molecular weight excluding hydrogens is 1860 g/mol.